The number of methoxy groups -OCH3 is 2. The molecule has 0 spiro atoms. The molecule has 2 rings (SSSR count). The van der Waals surface area contributed by atoms with E-state index in [1.54, 1.807) is 14.2 Å². The van der Waals surface area contributed by atoms with E-state index in [1.165, 1.54) is 16.7 Å². The minimum Gasteiger partial charge on any atom is -0.497 e. The number of likely N-dealkylation sites (N-methyl/N-ethyl adjacent to an activating group) is 1. The van der Waals surface area contributed by atoms with Crippen molar-refractivity contribution in [2.24, 2.45) is 0 Å². The molecule has 1 aliphatic rings. The van der Waals surface area contributed by atoms with Crippen molar-refractivity contribution in [1.82, 2.24) is 4.90 Å². The number of hydrogen-bond donors (Lipinski definition) is 0. The maximum Gasteiger partial charge on any atom is 0.119 e. The van der Waals surface area contributed by atoms with Crippen LogP contribution in [0.25, 0.3) is 5.57 Å². The molecule has 1 aromatic carbocycles. The van der Waals surface area contributed by atoms with Gasteiger partial charge in [0.05, 0.1) is 13.2 Å². The Morgan fingerprint density at radius 3 is 2.72 bits per heavy atom. The molecule has 98 valence electrons. The summed E-state index contributed by atoms with van der Waals surface area (Å²) >= 11 is 0. The summed E-state index contributed by atoms with van der Waals surface area (Å²) in [6.45, 7) is 0.947. The van der Waals surface area contributed by atoms with Gasteiger partial charge in [-0.3, -0.25) is 0 Å². The molecule has 0 aromatic heterocycles. The number of hydrogen-bond acceptors (Lipinski definition) is 3. The van der Waals surface area contributed by atoms with E-state index in [2.05, 4.69) is 37.2 Å². The molecule has 3 heteroatoms. The van der Waals surface area contributed by atoms with E-state index in [-0.39, 0.29) is 6.10 Å². The second-order valence-corrected chi connectivity index (χ2v) is 4.87. The van der Waals surface area contributed by atoms with Gasteiger partial charge in [0.2, 0.25) is 0 Å². The molecule has 18 heavy (non-hydrogen) atoms. The summed E-state index contributed by atoms with van der Waals surface area (Å²) in [6, 6.07) is 6.22. The van der Waals surface area contributed by atoms with E-state index < -0.39 is 0 Å². The van der Waals surface area contributed by atoms with E-state index in [4.69, 9.17) is 9.47 Å². The lowest BCUT2D eigenvalue weighted by molar-refractivity contribution is 0.112. The topological polar surface area (TPSA) is 21.7 Å². The fourth-order valence-electron chi connectivity index (χ4n) is 2.34. The summed E-state index contributed by atoms with van der Waals surface area (Å²) in [5.74, 6) is 0.904. The monoisotopic (exact) mass is 247 g/mol. The number of benzene rings is 1. The molecule has 0 saturated heterocycles. The third-order valence-corrected chi connectivity index (χ3v) is 3.35. The third kappa shape index (κ3) is 2.57. The zero-order valence-electron chi connectivity index (χ0n) is 11.6. The lowest BCUT2D eigenvalue weighted by Gasteiger charge is -2.08. The number of nitrogens with zero attached hydrogens (tertiary/aromatic N) is 1. The second-order valence-electron chi connectivity index (χ2n) is 4.87. The van der Waals surface area contributed by atoms with Gasteiger partial charge in [-0.2, -0.15) is 0 Å². The first-order valence-corrected chi connectivity index (χ1v) is 6.20. The first-order chi connectivity index (χ1) is 8.65. The average molecular weight is 247 g/mol. The zero-order chi connectivity index (χ0) is 13.1. The van der Waals surface area contributed by atoms with Gasteiger partial charge in [-0.05, 0) is 42.9 Å². The van der Waals surface area contributed by atoms with Gasteiger partial charge in [-0.1, -0.05) is 12.1 Å². The smallest absolute Gasteiger partial charge is 0.119 e. The highest BCUT2D eigenvalue weighted by molar-refractivity contribution is 5.74. The molecular weight excluding hydrogens is 226 g/mol. The van der Waals surface area contributed by atoms with Crippen molar-refractivity contribution in [3.8, 4) is 5.75 Å². The van der Waals surface area contributed by atoms with Crippen LogP contribution >= 0.6 is 0 Å². The van der Waals surface area contributed by atoms with Crippen molar-refractivity contribution >= 4 is 5.57 Å². The van der Waals surface area contributed by atoms with Crippen LogP contribution < -0.4 is 4.74 Å². The highest BCUT2D eigenvalue weighted by Gasteiger charge is 2.26. The standard InChI is InChI=1S/C15H21NO2/c1-16(2)8-7-11-9-15(18-4)13-6-5-12(17-3)10-14(11)13/h5-7,10,15H,8-9H2,1-4H3/b11-7+. The SMILES string of the molecule is COc1ccc2c(c1)/C(=C/CN(C)C)CC2OC. The van der Waals surface area contributed by atoms with E-state index >= 15 is 0 Å². The third-order valence-electron chi connectivity index (χ3n) is 3.35. The van der Waals surface area contributed by atoms with E-state index in [1.807, 2.05) is 6.07 Å². The summed E-state index contributed by atoms with van der Waals surface area (Å²) in [5, 5.41) is 0. The first kappa shape index (κ1) is 13.1. The lowest BCUT2D eigenvalue weighted by Crippen LogP contribution is -2.10. The number of rotatable bonds is 4. The Hall–Kier alpha value is -1.32. The Morgan fingerprint density at radius 1 is 1.33 bits per heavy atom. The predicted octanol–water partition coefficient (Wildman–Crippen LogP) is 2.73. The van der Waals surface area contributed by atoms with Gasteiger partial charge in [0.15, 0.2) is 0 Å². The molecule has 1 aliphatic carbocycles. The predicted molar refractivity (Wildman–Crippen MR) is 73.9 cm³/mol. The number of ether oxygens (including phenoxy) is 2. The van der Waals surface area contributed by atoms with Gasteiger partial charge in [0.1, 0.15) is 5.75 Å². The van der Waals surface area contributed by atoms with Crippen LogP contribution in [0.5, 0.6) is 5.75 Å². The van der Waals surface area contributed by atoms with Gasteiger partial charge in [0.25, 0.3) is 0 Å². The van der Waals surface area contributed by atoms with Crippen LogP contribution in [-0.4, -0.2) is 39.8 Å². The summed E-state index contributed by atoms with van der Waals surface area (Å²) < 4.78 is 10.9. The van der Waals surface area contributed by atoms with Crippen LogP contribution in [0.3, 0.4) is 0 Å². The van der Waals surface area contributed by atoms with Gasteiger partial charge in [-0.15, -0.1) is 0 Å². The normalized spacial score (nSPS) is 20.5. The molecular formula is C15H21NO2. The summed E-state index contributed by atoms with van der Waals surface area (Å²) in [7, 11) is 7.62. The highest BCUT2D eigenvalue weighted by Crippen LogP contribution is 2.42. The first-order valence-electron chi connectivity index (χ1n) is 6.20. The van der Waals surface area contributed by atoms with E-state index in [0.29, 0.717) is 0 Å². The number of fused-ring (bicyclic) bond motifs is 1. The van der Waals surface area contributed by atoms with Crippen LogP contribution in [-0.2, 0) is 4.74 Å². The van der Waals surface area contributed by atoms with Crippen molar-refractivity contribution in [2.45, 2.75) is 12.5 Å². The fraction of sp³-hybridized carbons (Fsp3) is 0.467. The molecule has 0 bridgehead atoms. The van der Waals surface area contributed by atoms with Crippen LogP contribution in [0.4, 0.5) is 0 Å². The molecule has 1 atom stereocenters. The van der Waals surface area contributed by atoms with Gasteiger partial charge in [-0.25, -0.2) is 0 Å². The molecule has 0 radical (unpaired) electrons. The second kappa shape index (κ2) is 5.55. The van der Waals surface area contributed by atoms with Crippen molar-refractivity contribution in [2.75, 3.05) is 34.9 Å². The summed E-state index contributed by atoms with van der Waals surface area (Å²) in [6.07, 6.45) is 3.41. The van der Waals surface area contributed by atoms with Crippen LogP contribution in [0.1, 0.15) is 23.7 Å². The molecule has 1 unspecified atom stereocenters. The van der Waals surface area contributed by atoms with Crippen molar-refractivity contribution in [1.29, 1.82) is 0 Å². The minimum atomic E-state index is 0.180. The molecule has 0 aliphatic heterocycles. The molecule has 0 N–H and O–H groups in total. The van der Waals surface area contributed by atoms with Crippen molar-refractivity contribution < 1.29 is 9.47 Å². The largest absolute Gasteiger partial charge is 0.497 e. The quantitative estimate of drug-likeness (QED) is 0.816. The van der Waals surface area contributed by atoms with Gasteiger partial charge >= 0.3 is 0 Å². The van der Waals surface area contributed by atoms with Gasteiger partial charge < -0.3 is 14.4 Å². The zero-order valence-corrected chi connectivity index (χ0v) is 11.6. The lowest BCUT2D eigenvalue weighted by atomic mass is 10.1. The van der Waals surface area contributed by atoms with Crippen LogP contribution in [0, 0.1) is 0 Å². The van der Waals surface area contributed by atoms with Gasteiger partial charge in [0, 0.05) is 20.1 Å². The Balaban J connectivity index is 2.35. The average Bonchev–Trinajstić information content (AvgIpc) is 2.73. The fourth-order valence-corrected chi connectivity index (χ4v) is 2.34. The van der Waals surface area contributed by atoms with E-state index in [9.17, 15) is 0 Å². The molecule has 0 saturated carbocycles. The molecule has 3 nitrogen and oxygen atoms in total. The summed E-state index contributed by atoms with van der Waals surface area (Å²) in [5.41, 5.74) is 3.89. The Kier molecular flexibility index (Phi) is 4.04. The Labute approximate surface area is 109 Å². The molecule has 0 amide bonds. The van der Waals surface area contributed by atoms with Crippen molar-refractivity contribution in [3.05, 3.63) is 35.4 Å². The van der Waals surface area contributed by atoms with Crippen LogP contribution in [0.2, 0.25) is 0 Å². The maximum absolute atomic E-state index is 5.55. The molecule has 1 aromatic rings. The maximum atomic E-state index is 5.55. The highest BCUT2D eigenvalue weighted by atomic mass is 16.5. The van der Waals surface area contributed by atoms with E-state index in [0.717, 1.165) is 18.7 Å². The van der Waals surface area contributed by atoms with Crippen LogP contribution in [0.15, 0.2) is 24.3 Å². The van der Waals surface area contributed by atoms with Crippen molar-refractivity contribution in [3.63, 3.8) is 0 Å². The Bertz CT molecular complexity index is 452. The minimum absolute atomic E-state index is 0.180. The Morgan fingerprint density at radius 2 is 2.11 bits per heavy atom. The molecule has 0 fully saturated rings. The summed E-state index contributed by atoms with van der Waals surface area (Å²) in [4.78, 5) is 2.16. The molecule has 0 heterocycles.